The molecule has 2 N–H and O–H groups in total. The van der Waals surface area contributed by atoms with Crippen molar-refractivity contribution in [2.45, 2.75) is 19.3 Å². The second kappa shape index (κ2) is 1.24. The molecule has 2 atom stereocenters. The molecule has 2 aliphatic carbocycles. The van der Waals surface area contributed by atoms with Gasteiger partial charge in [-0.1, -0.05) is 0 Å². The topological polar surface area (TPSA) is 38.4 Å². The van der Waals surface area contributed by atoms with E-state index in [0.29, 0.717) is 0 Å². The van der Waals surface area contributed by atoms with Gasteiger partial charge in [-0.2, -0.15) is 5.10 Å². The van der Waals surface area contributed by atoms with Crippen molar-refractivity contribution < 1.29 is 0 Å². The molecule has 0 aromatic rings. The van der Waals surface area contributed by atoms with Crippen LogP contribution >= 0.6 is 0 Å². The first-order chi connectivity index (χ1) is 3.92. The van der Waals surface area contributed by atoms with E-state index in [0.717, 1.165) is 11.8 Å². The monoisotopic (exact) mass is 110 g/mol. The number of hydrogen-bond acceptors (Lipinski definition) is 2. The van der Waals surface area contributed by atoms with Gasteiger partial charge in [0.05, 0.1) is 0 Å². The summed E-state index contributed by atoms with van der Waals surface area (Å²) in [7, 11) is 0. The van der Waals surface area contributed by atoms with Crippen molar-refractivity contribution in [3.63, 3.8) is 0 Å². The molecule has 0 aromatic heterocycles. The molecule has 0 amide bonds. The zero-order valence-corrected chi connectivity index (χ0v) is 4.80. The summed E-state index contributed by atoms with van der Waals surface area (Å²) in [4.78, 5) is 0. The van der Waals surface area contributed by atoms with Crippen molar-refractivity contribution in [1.82, 2.24) is 0 Å². The summed E-state index contributed by atoms with van der Waals surface area (Å²) >= 11 is 0. The maximum absolute atomic E-state index is 5.14. The van der Waals surface area contributed by atoms with Gasteiger partial charge in [-0.25, -0.2) is 0 Å². The van der Waals surface area contributed by atoms with E-state index in [9.17, 15) is 0 Å². The van der Waals surface area contributed by atoms with Crippen LogP contribution in [0.3, 0.4) is 0 Å². The Bertz CT molecular complexity index is 139. The highest BCUT2D eigenvalue weighted by Crippen LogP contribution is 2.49. The van der Waals surface area contributed by atoms with Gasteiger partial charge in [-0.05, 0) is 25.2 Å². The first-order valence-electron chi connectivity index (χ1n) is 3.18. The number of nitrogens with zero attached hydrogens (tertiary/aromatic N) is 1. The van der Waals surface area contributed by atoms with Crippen LogP contribution in [0.5, 0.6) is 0 Å². The van der Waals surface area contributed by atoms with Crippen LogP contribution in [0.15, 0.2) is 5.10 Å². The van der Waals surface area contributed by atoms with E-state index in [4.69, 9.17) is 5.84 Å². The highest BCUT2D eigenvalue weighted by atomic mass is 15.1. The lowest BCUT2D eigenvalue weighted by Gasteiger charge is -1.90. The van der Waals surface area contributed by atoms with Crippen LogP contribution in [0, 0.1) is 11.8 Å². The second-order valence-electron chi connectivity index (χ2n) is 2.76. The van der Waals surface area contributed by atoms with Gasteiger partial charge in [0.2, 0.25) is 0 Å². The molecule has 0 heterocycles. The minimum absolute atomic E-state index is 0.819. The Labute approximate surface area is 48.8 Å². The van der Waals surface area contributed by atoms with Crippen LogP contribution in [0.2, 0.25) is 0 Å². The lowest BCUT2D eigenvalue weighted by molar-refractivity contribution is 0.791. The quantitative estimate of drug-likeness (QED) is 0.362. The third kappa shape index (κ3) is 0.403. The Morgan fingerprint density at radius 3 is 2.75 bits per heavy atom. The van der Waals surface area contributed by atoms with Gasteiger partial charge >= 0.3 is 0 Å². The van der Waals surface area contributed by atoms with E-state index in [2.05, 4.69) is 5.10 Å². The van der Waals surface area contributed by atoms with Gasteiger partial charge in [0.25, 0.3) is 0 Å². The summed E-state index contributed by atoms with van der Waals surface area (Å²) in [6.45, 7) is 0. The molecule has 0 aromatic carbocycles. The van der Waals surface area contributed by atoms with E-state index in [1.807, 2.05) is 0 Å². The normalized spacial score (nSPS) is 47.2. The smallest absolute Gasteiger partial charge is 0.0409 e. The summed E-state index contributed by atoms with van der Waals surface area (Å²) < 4.78 is 0. The fourth-order valence-electron chi connectivity index (χ4n) is 1.65. The van der Waals surface area contributed by atoms with Gasteiger partial charge in [0.1, 0.15) is 0 Å². The molecule has 2 unspecified atom stereocenters. The minimum atomic E-state index is 0.819. The van der Waals surface area contributed by atoms with Crippen LogP contribution in [0.4, 0.5) is 0 Å². The molecule has 44 valence electrons. The van der Waals surface area contributed by atoms with Crippen LogP contribution in [0.25, 0.3) is 0 Å². The lowest BCUT2D eigenvalue weighted by atomic mass is 10.2. The number of hydrazone groups is 1. The molecule has 2 saturated carbocycles. The molecule has 0 radical (unpaired) electrons. The molecular formula is C6H10N2. The maximum atomic E-state index is 5.14. The Morgan fingerprint density at radius 1 is 1.62 bits per heavy atom. The van der Waals surface area contributed by atoms with Gasteiger partial charge in [-0.3, -0.25) is 0 Å². The summed E-state index contributed by atoms with van der Waals surface area (Å²) in [6.07, 6.45) is 3.89. The average Bonchev–Trinajstić information content (AvgIpc) is 2.46. The summed E-state index contributed by atoms with van der Waals surface area (Å²) in [5.41, 5.74) is 1.27. The fourth-order valence-corrected chi connectivity index (χ4v) is 1.65. The predicted octanol–water partition coefficient (Wildman–Crippen LogP) is 0.731. The van der Waals surface area contributed by atoms with Crippen molar-refractivity contribution in [2.24, 2.45) is 22.8 Å². The van der Waals surface area contributed by atoms with Crippen molar-refractivity contribution in [3.05, 3.63) is 0 Å². The summed E-state index contributed by atoms with van der Waals surface area (Å²) in [5.74, 6) is 6.94. The predicted molar refractivity (Wildman–Crippen MR) is 32.5 cm³/mol. The maximum Gasteiger partial charge on any atom is 0.0409 e. The molecule has 0 spiro atoms. The highest BCUT2D eigenvalue weighted by Gasteiger charge is 2.45. The largest absolute Gasteiger partial charge is 0.323 e. The number of fused-ring (bicyclic) bond motifs is 1. The molecule has 0 bridgehead atoms. The van der Waals surface area contributed by atoms with E-state index < -0.39 is 0 Å². The first-order valence-corrected chi connectivity index (χ1v) is 3.18. The standard InChI is InChI=1S/C6H10N2/c7-8-6-2-1-4-3-5(4)6/h4-5H,1-3,7H2/b8-6-. The van der Waals surface area contributed by atoms with Crippen LogP contribution < -0.4 is 5.84 Å². The molecule has 2 aliphatic rings. The molecule has 2 fully saturated rings. The highest BCUT2D eigenvalue weighted by molar-refractivity contribution is 5.91. The molecule has 2 nitrogen and oxygen atoms in total. The molecule has 2 rings (SSSR count). The van der Waals surface area contributed by atoms with Gasteiger partial charge in [0.15, 0.2) is 0 Å². The molecule has 0 aliphatic heterocycles. The second-order valence-corrected chi connectivity index (χ2v) is 2.76. The SMILES string of the molecule is N/N=C1/CCC2CC12. The van der Waals surface area contributed by atoms with Crippen molar-refractivity contribution in [2.75, 3.05) is 0 Å². The van der Waals surface area contributed by atoms with E-state index in [1.54, 1.807) is 0 Å². The van der Waals surface area contributed by atoms with Gasteiger partial charge in [0, 0.05) is 11.6 Å². The molecular weight excluding hydrogens is 100 g/mol. The zero-order valence-electron chi connectivity index (χ0n) is 4.80. The molecule has 2 heteroatoms. The number of nitrogens with two attached hydrogens (primary N) is 1. The lowest BCUT2D eigenvalue weighted by Crippen LogP contribution is -1.99. The van der Waals surface area contributed by atoms with Crippen LogP contribution in [-0.2, 0) is 0 Å². The van der Waals surface area contributed by atoms with E-state index in [1.165, 1.54) is 25.0 Å². The van der Waals surface area contributed by atoms with Crippen molar-refractivity contribution >= 4 is 5.71 Å². The average molecular weight is 110 g/mol. The fraction of sp³-hybridized carbons (Fsp3) is 0.833. The van der Waals surface area contributed by atoms with Gasteiger partial charge in [-0.15, -0.1) is 0 Å². The third-order valence-corrected chi connectivity index (χ3v) is 2.29. The Kier molecular flexibility index (Phi) is 0.678. The summed E-state index contributed by atoms with van der Waals surface area (Å²) in [5, 5.41) is 3.73. The minimum Gasteiger partial charge on any atom is -0.323 e. The van der Waals surface area contributed by atoms with Crippen molar-refractivity contribution in [1.29, 1.82) is 0 Å². The summed E-state index contributed by atoms with van der Waals surface area (Å²) in [6, 6.07) is 0. The van der Waals surface area contributed by atoms with Crippen LogP contribution in [-0.4, -0.2) is 5.71 Å². The Balaban J connectivity index is 2.17. The molecule has 0 saturated heterocycles. The van der Waals surface area contributed by atoms with E-state index >= 15 is 0 Å². The zero-order chi connectivity index (χ0) is 5.56. The number of hydrogen-bond donors (Lipinski definition) is 1. The third-order valence-electron chi connectivity index (χ3n) is 2.29. The molecule has 8 heavy (non-hydrogen) atoms. The van der Waals surface area contributed by atoms with E-state index in [-0.39, 0.29) is 0 Å². The Morgan fingerprint density at radius 2 is 2.50 bits per heavy atom. The Hall–Kier alpha value is -0.530. The number of rotatable bonds is 0. The van der Waals surface area contributed by atoms with Crippen LogP contribution in [0.1, 0.15) is 19.3 Å². The van der Waals surface area contributed by atoms with Gasteiger partial charge < -0.3 is 5.84 Å². The van der Waals surface area contributed by atoms with Crippen molar-refractivity contribution in [3.8, 4) is 0 Å². The first kappa shape index (κ1) is 4.36.